The lowest BCUT2D eigenvalue weighted by Gasteiger charge is -2.25. The average Bonchev–Trinajstić information content (AvgIpc) is 2.33. The number of ketones is 1. The first-order valence-corrected chi connectivity index (χ1v) is 6.09. The molecule has 0 radical (unpaired) electrons. The molecule has 2 rings (SSSR count). The van der Waals surface area contributed by atoms with Crippen LogP contribution in [0.25, 0.3) is 0 Å². The minimum Gasteiger partial charge on any atom is -0.335 e. The summed E-state index contributed by atoms with van der Waals surface area (Å²) >= 11 is 0. The third kappa shape index (κ3) is 3.41. The molecule has 90 valence electrons. The number of carbonyl (C=O) groups excluding carboxylic acids is 2. The minimum absolute atomic E-state index is 0.117. The monoisotopic (exact) mass is 231 g/mol. The molecule has 3 heteroatoms. The molecule has 1 aromatic carbocycles. The summed E-state index contributed by atoms with van der Waals surface area (Å²) in [5, 5.41) is 0. The summed E-state index contributed by atoms with van der Waals surface area (Å²) in [6.07, 6.45) is 3.00. The molecule has 0 aromatic heterocycles. The van der Waals surface area contributed by atoms with E-state index in [1.807, 2.05) is 30.3 Å². The van der Waals surface area contributed by atoms with Crippen LogP contribution in [-0.2, 0) is 16.0 Å². The van der Waals surface area contributed by atoms with Gasteiger partial charge in [0.1, 0.15) is 0 Å². The molecule has 1 aromatic rings. The second kappa shape index (κ2) is 5.62. The Hall–Kier alpha value is -1.64. The van der Waals surface area contributed by atoms with Gasteiger partial charge in [0.15, 0.2) is 5.78 Å². The van der Waals surface area contributed by atoms with Gasteiger partial charge in [0, 0.05) is 19.4 Å². The molecular weight excluding hydrogens is 214 g/mol. The number of carbonyl (C=O) groups is 2. The van der Waals surface area contributed by atoms with Crippen molar-refractivity contribution in [1.29, 1.82) is 0 Å². The molecule has 0 N–H and O–H groups in total. The highest BCUT2D eigenvalue weighted by Crippen LogP contribution is 2.10. The maximum absolute atomic E-state index is 11.8. The predicted molar refractivity (Wildman–Crippen MR) is 65.6 cm³/mol. The molecule has 0 saturated carbocycles. The van der Waals surface area contributed by atoms with E-state index in [1.54, 1.807) is 4.90 Å². The van der Waals surface area contributed by atoms with Gasteiger partial charge in [-0.25, -0.2) is 0 Å². The SMILES string of the molecule is O=C(Cc1ccccc1)CN1CCCCC1=O. The van der Waals surface area contributed by atoms with E-state index >= 15 is 0 Å². The Morgan fingerprint density at radius 2 is 1.94 bits per heavy atom. The summed E-state index contributed by atoms with van der Waals surface area (Å²) in [7, 11) is 0. The normalized spacial score (nSPS) is 16.0. The zero-order valence-corrected chi connectivity index (χ0v) is 9.89. The van der Waals surface area contributed by atoms with Crippen LogP contribution in [0.3, 0.4) is 0 Å². The third-order valence-electron chi connectivity index (χ3n) is 3.03. The summed E-state index contributed by atoms with van der Waals surface area (Å²) in [6.45, 7) is 1.01. The fourth-order valence-electron chi connectivity index (χ4n) is 2.12. The van der Waals surface area contributed by atoms with Crippen molar-refractivity contribution in [2.75, 3.05) is 13.1 Å². The van der Waals surface area contributed by atoms with E-state index in [-0.39, 0.29) is 18.2 Å². The second-order valence-electron chi connectivity index (χ2n) is 4.47. The molecule has 0 unspecified atom stereocenters. The molecule has 0 bridgehead atoms. The molecule has 1 heterocycles. The lowest BCUT2D eigenvalue weighted by Crippen LogP contribution is -2.39. The Bertz CT molecular complexity index is 400. The first kappa shape index (κ1) is 11.8. The Morgan fingerprint density at radius 3 is 2.65 bits per heavy atom. The highest BCUT2D eigenvalue weighted by Gasteiger charge is 2.20. The topological polar surface area (TPSA) is 37.4 Å². The minimum atomic E-state index is 0.117. The van der Waals surface area contributed by atoms with E-state index < -0.39 is 0 Å². The lowest BCUT2D eigenvalue weighted by atomic mass is 10.1. The molecule has 17 heavy (non-hydrogen) atoms. The fourth-order valence-corrected chi connectivity index (χ4v) is 2.12. The highest BCUT2D eigenvalue weighted by atomic mass is 16.2. The van der Waals surface area contributed by atoms with Crippen molar-refractivity contribution in [2.24, 2.45) is 0 Å². The fraction of sp³-hybridized carbons (Fsp3) is 0.429. The number of amides is 1. The molecule has 0 aliphatic carbocycles. The second-order valence-corrected chi connectivity index (χ2v) is 4.47. The molecular formula is C14H17NO2. The first-order chi connectivity index (χ1) is 8.25. The van der Waals surface area contributed by atoms with Crippen LogP contribution in [0.5, 0.6) is 0 Å². The summed E-state index contributed by atoms with van der Waals surface area (Å²) in [5.74, 6) is 0.240. The average molecular weight is 231 g/mol. The molecule has 1 amide bonds. The zero-order valence-electron chi connectivity index (χ0n) is 9.89. The standard InChI is InChI=1S/C14H17NO2/c16-13(10-12-6-2-1-3-7-12)11-15-9-5-4-8-14(15)17/h1-3,6-7H,4-5,8-11H2. The zero-order chi connectivity index (χ0) is 12.1. The van der Waals surface area contributed by atoms with Gasteiger partial charge in [-0.2, -0.15) is 0 Å². The lowest BCUT2D eigenvalue weighted by molar-refractivity contribution is -0.137. The molecule has 0 spiro atoms. The van der Waals surface area contributed by atoms with Crippen LogP contribution in [0, 0.1) is 0 Å². The van der Waals surface area contributed by atoms with E-state index in [9.17, 15) is 9.59 Å². The van der Waals surface area contributed by atoms with Gasteiger partial charge in [-0.15, -0.1) is 0 Å². The van der Waals surface area contributed by atoms with Gasteiger partial charge in [-0.05, 0) is 18.4 Å². The molecule has 0 atom stereocenters. The maximum atomic E-state index is 11.8. The molecule has 1 aliphatic rings. The Balaban J connectivity index is 1.87. The molecule has 1 fully saturated rings. The van der Waals surface area contributed by atoms with Crippen LogP contribution in [-0.4, -0.2) is 29.7 Å². The molecule has 1 saturated heterocycles. The summed E-state index contributed by atoms with van der Waals surface area (Å²) in [6, 6.07) is 9.66. The van der Waals surface area contributed by atoms with Crippen molar-refractivity contribution >= 4 is 11.7 Å². The van der Waals surface area contributed by atoms with E-state index in [0.29, 0.717) is 12.8 Å². The predicted octanol–water partition coefficient (Wildman–Crippen LogP) is 1.81. The van der Waals surface area contributed by atoms with Gasteiger partial charge >= 0.3 is 0 Å². The van der Waals surface area contributed by atoms with Gasteiger partial charge in [-0.1, -0.05) is 30.3 Å². The van der Waals surface area contributed by atoms with E-state index in [2.05, 4.69) is 0 Å². The number of hydrogen-bond donors (Lipinski definition) is 0. The number of nitrogens with zero attached hydrogens (tertiary/aromatic N) is 1. The number of Topliss-reactive ketones (excluding diaryl/α,β-unsaturated/α-hetero) is 1. The number of rotatable bonds is 4. The quantitative estimate of drug-likeness (QED) is 0.792. The maximum Gasteiger partial charge on any atom is 0.222 e. The first-order valence-electron chi connectivity index (χ1n) is 6.09. The van der Waals surface area contributed by atoms with Crippen LogP contribution >= 0.6 is 0 Å². The molecule has 1 aliphatic heterocycles. The van der Waals surface area contributed by atoms with Gasteiger partial charge in [0.05, 0.1) is 6.54 Å². The highest BCUT2D eigenvalue weighted by molar-refractivity contribution is 5.87. The Morgan fingerprint density at radius 1 is 1.18 bits per heavy atom. The van der Waals surface area contributed by atoms with Crippen LogP contribution in [0.1, 0.15) is 24.8 Å². The third-order valence-corrected chi connectivity index (χ3v) is 3.03. The van der Waals surface area contributed by atoms with Gasteiger partial charge in [0.25, 0.3) is 0 Å². The van der Waals surface area contributed by atoms with E-state index in [1.165, 1.54) is 0 Å². The number of benzene rings is 1. The van der Waals surface area contributed by atoms with Crippen molar-refractivity contribution in [3.63, 3.8) is 0 Å². The summed E-state index contributed by atoms with van der Waals surface area (Å²) in [4.78, 5) is 25.1. The Labute approximate surface area is 101 Å². The van der Waals surface area contributed by atoms with Gasteiger partial charge in [0.2, 0.25) is 5.91 Å². The van der Waals surface area contributed by atoms with Crippen molar-refractivity contribution < 1.29 is 9.59 Å². The summed E-state index contributed by atoms with van der Waals surface area (Å²) in [5.41, 5.74) is 1.02. The van der Waals surface area contributed by atoms with E-state index in [4.69, 9.17) is 0 Å². The van der Waals surface area contributed by atoms with Crippen molar-refractivity contribution in [2.45, 2.75) is 25.7 Å². The largest absolute Gasteiger partial charge is 0.335 e. The van der Waals surface area contributed by atoms with Crippen molar-refractivity contribution in [1.82, 2.24) is 4.90 Å². The van der Waals surface area contributed by atoms with Gasteiger partial charge in [-0.3, -0.25) is 9.59 Å². The smallest absolute Gasteiger partial charge is 0.222 e. The Kier molecular flexibility index (Phi) is 3.91. The number of piperidine rings is 1. The van der Waals surface area contributed by atoms with Crippen LogP contribution in [0.15, 0.2) is 30.3 Å². The van der Waals surface area contributed by atoms with Gasteiger partial charge < -0.3 is 4.90 Å². The van der Waals surface area contributed by atoms with Crippen LogP contribution in [0.2, 0.25) is 0 Å². The van der Waals surface area contributed by atoms with Crippen LogP contribution < -0.4 is 0 Å². The van der Waals surface area contributed by atoms with Crippen molar-refractivity contribution in [3.05, 3.63) is 35.9 Å². The number of likely N-dealkylation sites (tertiary alicyclic amines) is 1. The molecule has 3 nitrogen and oxygen atoms in total. The van der Waals surface area contributed by atoms with Crippen molar-refractivity contribution in [3.8, 4) is 0 Å². The summed E-state index contributed by atoms with van der Waals surface area (Å²) < 4.78 is 0. The van der Waals surface area contributed by atoms with E-state index in [0.717, 1.165) is 24.9 Å². The number of hydrogen-bond acceptors (Lipinski definition) is 2. The van der Waals surface area contributed by atoms with Crippen LogP contribution in [0.4, 0.5) is 0 Å².